The Balaban J connectivity index is 2.21. The molecule has 0 bridgehead atoms. The Hall–Kier alpha value is -2.64. The van der Waals surface area contributed by atoms with Crippen molar-refractivity contribution in [3.63, 3.8) is 0 Å². The number of aryl methyl sites for hydroxylation is 1. The third kappa shape index (κ3) is 3.91. The first kappa shape index (κ1) is 14.8. The number of benzene rings is 2. The Kier molecular flexibility index (Phi) is 4.70. The second kappa shape index (κ2) is 6.69. The van der Waals surface area contributed by atoms with Crippen LogP contribution in [0.3, 0.4) is 0 Å². The summed E-state index contributed by atoms with van der Waals surface area (Å²) in [6.45, 7) is 2.21. The molecule has 0 aliphatic carbocycles. The van der Waals surface area contributed by atoms with E-state index >= 15 is 0 Å². The largest absolute Gasteiger partial charge is 0.322 e. The zero-order valence-electron chi connectivity index (χ0n) is 11.6. The minimum Gasteiger partial charge on any atom is -0.322 e. The van der Waals surface area contributed by atoms with Crippen LogP contribution in [0.5, 0.6) is 0 Å². The molecule has 0 spiro atoms. The number of halogens is 1. The zero-order valence-corrected chi connectivity index (χ0v) is 11.6. The first-order valence-electron chi connectivity index (χ1n) is 6.46. The topological polar surface area (TPSA) is 55.1 Å². The molecule has 4 heteroatoms. The molecule has 0 atom stereocenters. The first-order valence-corrected chi connectivity index (χ1v) is 6.46. The predicted octanol–water partition coefficient (Wildman–Crippen LogP) is 2.70. The number of hydrogen-bond donors (Lipinski definition) is 2. The minimum absolute atomic E-state index is 0.269. The normalized spacial score (nSPS) is 9.67. The molecule has 0 saturated carbocycles. The summed E-state index contributed by atoms with van der Waals surface area (Å²) in [4.78, 5) is 12.0. The molecule has 3 nitrogen and oxygen atoms in total. The van der Waals surface area contributed by atoms with Crippen molar-refractivity contribution in [1.29, 1.82) is 0 Å². The third-order valence-electron chi connectivity index (χ3n) is 2.91. The van der Waals surface area contributed by atoms with Gasteiger partial charge in [0.1, 0.15) is 5.82 Å². The molecular weight excluding hydrogens is 267 g/mol. The molecule has 0 fully saturated rings. The van der Waals surface area contributed by atoms with Gasteiger partial charge in [-0.3, -0.25) is 4.79 Å². The van der Waals surface area contributed by atoms with Crippen molar-refractivity contribution in [3.8, 4) is 11.8 Å². The van der Waals surface area contributed by atoms with E-state index in [4.69, 9.17) is 5.73 Å². The molecule has 0 saturated heterocycles. The van der Waals surface area contributed by atoms with Crippen molar-refractivity contribution >= 4 is 11.6 Å². The average molecular weight is 282 g/mol. The summed E-state index contributed by atoms with van der Waals surface area (Å²) in [7, 11) is 0. The monoisotopic (exact) mass is 282 g/mol. The molecule has 2 aromatic rings. The van der Waals surface area contributed by atoms with Gasteiger partial charge < -0.3 is 11.1 Å². The molecular formula is C17H15FN2O. The number of anilines is 1. The SMILES string of the molecule is Cc1ccc(NC(=O)c2cccc(F)c2)cc1C#CCN. The summed E-state index contributed by atoms with van der Waals surface area (Å²) in [5.74, 6) is 4.92. The summed E-state index contributed by atoms with van der Waals surface area (Å²) in [6, 6.07) is 11.0. The molecule has 21 heavy (non-hydrogen) atoms. The van der Waals surface area contributed by atoms with E-state index in [0.717, 1.165) is 11.1 Å². The van der Waals surface area contributed by atoms with Crippen molar-refractivity contribution in [1.82, 2.24) is 0 Å². The van der Waals surface area contributed by atoms with Gasteiger partial charge in [0, 0.05) is 16.8 Å². The van der Waals surface area contributed by atoms with E-state index < -0.39 is 5.82 Å². The molecule has 106 valence electrons. The van der Waals surface area contributed by atoms with Crippen LogP contribution in [-0.4, -0.2) is 12.5 Å². The third-order valence-corrected chi connectivity index (χ3v) is 2.91. The molecule has 2 aromatic carbocycles. The molecule has 2 rings (SSSR count). The van der Waals surface area contributed by atoms with Crippen LogP contribution < -0.4 is 11.1 Å². The number of hydrogen-bond acceptors (Lipinski definition) is 2. The van der Waals surface area contributed by atoms with Crippen LogP contribution in [0.25, 0.3) is 0 Å². The fraction of sp³-hybridized carbons (Fsp3) is 0.118. The van der Waals surface area contributed by atoms with E-state index in [0.29, 0.717) is 5.69 Å². The van der Waals surface area contributed by atoms with Crippen LogP contribution in [0.1, 0.15) is 21.5 Å². The second-order valence-electron chi connectivity index (χ2n) is 4.50. The van der Waals surface area contributed by atoms with E-state index in [1.807, 2.05) is 13.0 Å². The lowest BCUT2D eigenvalue weighted by atomic mass is 10.1. The Morgan fingerprint density at radius 3 is 2.81 bits per heavy atom. The van der Waals surface area contributed by atoms with Crippen LogP contribution in [0.15, 0.2) is 42.5 Å². The maximum Gasteiger partial charge on any atom is 0.255 e. The van der Waals surface area contributed by atoms with Gasteiger partial charge in [0.2, 0.25) is 0 Å². The maximum absolute atomic E-state index is 13.1. The summed E-state index contributed by atoms with van der Waals surface area (Å²) in [5.41, 5.74) is 8.04. The number of carbonyl (C=O) groups is 1. The highest BCUT2D eigenvalue weighted by atomic mass is 19.1. The highest BCUT2D eigenvalue weighted by molar-refractivity contribution is 6.04. The van der Waals surface area contributed by atoms with Gasteiger partial charge in [-0.25, -0.2) is 4.39 Å². The van der Waals surface area contributed by atoms with E-state index in [9.17, 15) is 9.18 Å². The smallest absolute Gasteiger partial charge is 0.255 e. The summed E-state index contributed by atoms with van der Waals surface area (Å²) in [5, 5.41) is 2.72. The Labute approximate surface area is 123 Å². The quantitative estimate of drug-likeness (QED) is 0.832. The standard InChI is InChI=1S/C17H15FN2O/c1-12-7-8-16(11-13(12)5-3-9-19)20-17(21)14-4-2-6-15(18)10-14/h2,4,6-8,10-11H,9,19H2,1H3,(H,20,21). The van der Waals surface area contributed by atoms with Crippen molar-refractivity contribution in [3.05, 3.63) is 65.0 Å². The van der Waals surface area contributed by atoms with Crippen LogP contribution >= 0.6 is 0 Å². The lowest BCUT2D eigenvalue weighted by Crippen LogP contribution is -2.12. The van der Waals surface area contributed by atoms with Crippen LogP contribution in [-0.2, 0) is 0 Å². The lowest BCUT2D eigenvalue weighted by molar-refractivity contribution is 0.102. The zero-order chi connectivity index (χ0) is 15.2. The minimum atomic E-state index is -0.443. The van der Waals surface area contributed by atoms with Gasteiger partial charge in [0.05, 0.1) is 6.54 Å². The van der Waals surface area contributed by atoms with Crippen molar-refractivity contribution < 1.29 is 9.18 Å². The van der Waals surface area contributed by atoms with E-state index in [1.54, 1.807) is 18.2 Å². The van der Waals surface area contributed by atoms with E-state index in [-0.39, 0.29) is 18.0 Å². The number of amides is 1. The molecule has 0 aliphatic heterocycles. The van der Waals surface area contributed by atoms with Gasteiger partial charge in [-0.1, -0.05) is 24.0 Å². The van der Waals surface area contributed by atoms with E-state index in [1.165, 1.54) is 18.2 Å². The average Bonchev–Trinajstić information content (AvgIpc) is 2.47. The van der Waals surface area contributed by atoms with Crippen molar-refractivity contribution in [2.75, 3.05) is 11.9 Å². The Morgan fingerprint density at radius 2 is 2.10 bits per heavy atom. The fourth-order valence-electron chi connectivity index (χ4n) is 1.81. The molecule has 0 radical (unpaired) electrons. The fourth-order valence-corrected chi connectivity index (χ4v) is 1.81. The van der Waals surface area contributed by atoms with Crippen LogP contribution in [0.4, 0.5) is 10.1 Å². The maximum atomic E-state index is 13.1. The van der Waals surface area contributed by atoms with E-state index in [2.05, 4.69) is 17.2 Å². The Morgan fingerprint density at radius 1 is 1.29 bits per heavy atom. The van der Waals surface area contributed by atoms with Gasteiger partial charge in [-0.15, -0.1) is 0 Å². The van der Waals surface area contributed by atoms with Gasteiger partial charge in [-0.05, 0) is 42.8 Å². The van der Waals surface area contributed by atoms with Crippen LogP contribution in [0.2, 0.25) is 0 Å². The molecule has 0 heterocycles. The predicted molar refractivity (Wildman–Crippen MR) is 81.5 cm³/mol. The molecule has 1 amide bonds. The molecule has 0 aromatic heterocycles. The van der Waals surface area contributed by atoms with Crippen molar-refractivity contribution in [2.24, 2.45) is 5.73 Å². The summed E-state index contributed by atoms with van der Waals surface area (Å²) >= 11 is 0. The first-order chi connectivity index (χ1) is 10.1. The lowest BCUT2D eigenvalue weighted by Gasteiger charge is -2.07. The Bertz CT molecular complexity index is 729. The highest BCUT2D eigenvalue weighted by Gasteiger charge is 2.07. The number of carbonyl (C=O) groups excluding carboxylic acids is 1. The number of nitrogens with one attached hydrogen (secondary N) is 1. The van der Waals surface area contributed by atoms with Gasteiger partial charge in [-0.2, -0.15) is 0 Å². The number of rotatable bonds is 2. The summed E-state index contributed by atoms with van der Waals surface area (Å²) in [6.07, 6.45) is 0. The van der Waals surface area contributed by atoms with Gasteiger partial charge in [0.15, 0.2) is 0 Å². The number of nitrogens with two attached hydrogens (primary N) is 1. The molecule has 3 N–H and O–H groups in total. The van der Waals surface area contributed by atoms with Gasteiger partial charge >= 0.3 is 0 Å². The summed E-state index contributed by atoms with van der Waals surface area (Å²) < 4.78 is 13.1. The van der Waals surface area contributed by atoms with Crippen molar-refractivity contribution in [2.45, 2.75) is 6.92 Å². The highest BCUT2D eigenvalue weighted by Crippen LogP contribution is 2.16. The molecule has 0 unspecified atom stereocenters. The molecule has 0 aliphatic rings. The van der Waals surface area contributed by atoms with Crippen LogP contribution in [0, 0.1) is 24.6 Å². The van der Waals surface area contributed by atoms with Gasteiger partial charge in [0.25, 0.3) is 5.91 Å². The second-order valence-corrected chi connectivity index (χ2v) is 4.50.